The van der Waals surface area contributed by atoms with Crippen LogP contribution in [0.2, 0.25) is 0 Å². The summed E-state index contributed by atoms with van der Waals surface area (Å²) in [7, 11) is 0. The van der Waals surface area contributed by atoms with Gasteiger partial charge in [-0.2, -0.15) is 0 Å². The quantitative estimate of drug-likeness (QED) is 0.560. The first-order chi connectivity index (χ1) is 8.64. The molecule has 0 aliphatic heterocycles. The SMILES string of the molecule is CCOC(=O)CC1(C(=O)OCC)CCCCCC1. The van der Waals surface area contributed by atoms with E-state index in [-0.39, 0.29) is 18.4 Å². The number of rotatable bonds is 5. The molecular formula is C14H24O4. The summed E-state index contributed by atoms with van der Waals surface area (Å²) in [5.41, 5.74) is -0.640. The number of hydrogen-bond acceptors (Lipinski definition) is 4. The van der Waals surface area contributed by atoms with Crippen molar-refractivity contribution in [3.8, 4) is 0 Å². The van der Waals surface area contributed by atoms with Gasteiger partial charge in [-0.05, 0) is 26.7 Å². The molecule has 4 heteroatoms. The van der Waals surface area contributed by atoms with Crippen LogP contribution >= 0.6 is 0 Å². The Kier molecular flexibility index (Phi) is 6.16. The third-order valence-corrected chi connectivity index (χ3v) is 3.56. The molecule has 4 nitrogen and oxygen atoms in total. The molecular weight excluding hydrogens is 232 g/mol. The summed E-state index contributed by atoms with van der Waals surface area (Å²) >= 11 is 0. The highest BCUT2D eigenvalue weighted by Gasteiger charge is 2.42. The van der Waals surface area contributed by atoms with Crippen molar-refractivity contribution in [2.75, 3.05) is 13.2 Å². The highest BCUT2D eigenvalue weighted by molar-refractivity contribution is 5.83. The van der Waals surface area contributed by atoms with Crippen LogP contribution in [-0.4, -0.2) is 25.2 Å². The van der Waals surface area contributed by atoms with E-state index in [0.29, 0.717) is 13.2 Å². The van der Waals surface area contributed by atoms with Gasteiger partial charge in [0.15, 0.2) is 0 Å². The largest absolute Gasteiger partial charge is 0.466 e. The first-order valence-corrected chi connectivity index (χ1v) is 6.97. The van der Waals surface area contributed by atoms with Gasteiger partial charge in [-0.25, -0.2) is 0 Å². The summed E-state index contributed by atoms with van der Waals surface area (Å²) in [5, 5.41) is 0. The van der Waals surface area contributed by atoms with Crippen LogP contribution in [0.1, 0.15) is 58.8 Å². The van der Waals surface area contributed by atoms with E-state index in [1.54, 1.807) is 13.8 Å². The van der Waals surface area contributed by atoms with Crippen molar-refractivity contribution in [3.05, 3.63) is 0 Å². The topological polar surface area (TPSA) is 52.6 Å². The number of esters is 2. The first-order valence-electron chi connectivity index (χ1n) is 6.97. The number of carbonyl (C=O) groups excluding carboxylic acids is 2. The number of carbonyl (C=O) groups is 2. The molecule has 0 saturated heterocycles. The lowest BCUT2D eigenvalue weighted by Gasteiger charge is -2.29. The Bertz CT molecular complexity index is 278. The average molecular weight is 256 g/mol. The molecule has 0 bridgehead atoms. The normalized spacial score (nSPS) is 18.8. The van der Waals surface area contributed by atoms with Gasteiger partial charge in [-0.1, -0.05) is 25.7 Å². The van der Waals surface area contributed by atoms with Crippen LogP contribution < -0.4 is 0 Å². The Balaban J connectivity index is 2.77. The molecule has 0 unspecified atom stereocenters. The average Bonchev–Trinajstić information content (AvgIpc) is 2.56. The first kappa shape index (κ1) is 15.0. The summed E-state index contributed by atoms with van der Waals surface area (Å²) in [5.74, 6) is -0.507. The van der Waals surface area contributed by atoms with Gasteiger partial charge in [-0.3, -0.25) is 9.59 Å². The Morgan fingerprint density at radius 2 is 1.50 bits per heavy atom. The molecule has 0 amide bonds. The van der Waals surface area contributed by atoms with Crippen molar-refractivity contribution in [1.29, 1.82) is 0 Å². The molecule has 0 atom stereocenters. The molecule has 1 saturated carbocycles. The molecule has 0 aromatic heterocycles. The van der Waals surface area contributed by atoms with Crippen molar-refractivity contribution in [3.63, 3.8) is 0 Å². The monoisotopic (exact) mass is 256 g/mol. The molecule has 0 radical (unpaired) electrons. The Labute approximate surface area is 109 Å². The molecule has 0 spiro atoms. The van der Waals surface area contributed by atoms with Crippen molar-refractivity contribution >= 4 is 11.9 Å². The van der Waals surface area contributed by atoms with E-state index in [9.17, 15) is 9.59 Å². The van der Waals surface area contributed by atoms with E-state index < -0.39 is 5.41 Å². The van der Waals surface area contributed by atoms with Crippen molar-refractivity contribution < 1.29 is 19.1 Å². The summed E-state index contributed by atoms with van der Waals surface area (Å²) in [6, 6.07) is 0. The maximum absolute atomic E-state index is 12.2. The predicted molar refractivity (Wildman–Crippen MR) is 68.0 cm³/mol. The van der Waals surface area contributed by atoms with E-state index in [1.165, 1.54) is 0 Å². The molecule has 104 valence electrons. The van der Waals surface area contributed by atoms with Crippen molar-refractivity contribution in [2.24, 2.45) is 5.41 Å². The maximum Gasteiger partial charge on any atom is 0.312 e. The highest BCUT2D eigenvalue weighted by atomic mass is 16.5. The summed E-state index contributed by atoms with van der Waals surface area (Å²) in [6.45, 7) is 4.30. The number of hydrogen-bond donors (Lipinski definition) is 0. The molecule has 1 rings (SSSR count). The van der Waals surface area contributed by atoms with E-state index in [2.05, 4.69) is 0 Å². The third-order valence-electron chi connectivity index (χ3n) is 3.56. The fourth-order valence-corrected chi connectivity index (χ4v) is 2.63. The standard InChI is InChI=1S/C14H24O4/c1-3-17-12(15)11-14(13(16)18-4-2)9-7-5-6-8-10-14/h3-11H2,1-2H3. The van der Waals surface area contributed by atoms with Crippen molar-refractivity contribution in [1.82, 2.24) is 0 Å². The van der Waals surface area contributed by atoms with Gasteiger partial charge >= 0.3 is 11.9 Å². The summed E-state index contributed by atoms with van der Waals surface area (Å²) in [6.07, 6.45) is 5.87. The second-order valence-electron chi connectivity index (χ2n) is 4.90. The smallest absolute Gasteiger partial charge is 0.312 e. The molecule has 1 aliphatic rings. The van der Waals surface area contributed by atoms with E-state index in [4.69, 9.17) is 9.47 Å². The highest BCUT2D eigenvalue weighted by Crippen LogP contribution is 2.39. The van der Waals surface area contributed by atoms with Gasteiger partial charge in [0, 0.05) is 0 Å². The fraction of sp³-hybridized carbons (Fsp3) is 0.857. The Morgan fingerprint density at radius 1 is 0.944 bits per heavy atom. The molecule has 1 aliphatic carbocycles. The third kappa shape index (κ3) is 4.00. The lowest BCUT2D eigenvalue weighted by Crippen LogP contribution is -2.35. The zero-order chi connectivity index (χ0) is 13.4. The van der Waals surface area contributed by atoms with Crippen LogP contribution in [0.3, 0.4) is 0 Å². The van der Waals surface area contributed by atoms with Gasteiger partial charge in [0.1, 0.15) is 0 Å². The second kappa shape index (κ2) is 7.39. The minimum absolute atomic E-state index is 0.166. The minimum atomic E-state index is -0.640. The van der Waals surface area contributed by atoms with Crippen LogP contribution in [-0.2, 0) is 19.1 Å². The Morgan fingerprint density at radius 3 is 2.00 bits per heavy atom. The summed E-state index contributed by atoms with van der Waals surface area (Å²) < 4.78 is 10.2. The second-order valence-corrected chi connectivity index (χ2v) is 4.90. The lowest BCUT2D eigenvalue weighted by molar-refractivity contribution is -0.163. The van der Waals surface area contributed by atoms with Crippen LogP contribution in [0, 0.1) is 5.41 Å². The van der Waals surface area contributed by atoms with Crippen LogP contribution in [0.5, 0.6) is 0 Å². The van der Waals surface area contributed by atoms with Crippen LogP contribution in [0.15, 0.2) is 0 Å². The van der Waals surface area contributed by atoms with Gasteiger partial charge in [0.25, 0.3) is 0 Å². The number of ether oxygens (including phenoxy) is 2. The minimum Gasteiger partial charge on any atom is -0.466 e. The van der Waals surface area contributed by atoms with Gasteiger partial charge in [0.2, 0.25) is 0 Å². The van der Waals surface area contributed by atoms with Gasteiger partial charge in [-0.15, -0.1) is 0 Å². The van der Waals surface area contributed by atoms with Crippen LogP contribution in [0.25, 0.3) is 0 Å². The zero-order valence-corrected chi connectivity index (χ0v) is 11.5. The van der Waals surface area contributed by atoms with E-state index in [1.807, 2.05) is 0 Å². The Hall–Kier alpha value is -1.06. The molecule has 0 heterocycles. The van der Waals surface area contributed by atoms with E-state index in [0.717, 1.165) is 38.5 Å². The van der Waals surface area contributed by atoms with E-state index >= 15 is 0 Å². The fourth-order valence-electron chi connectivity index (χ4n) is 2.63. The molecule has 0 N–H and O–H groups in total. The molecule has 18 heavy (non-hydrogen) atoms. The zero-order valence-electron chi connectivity index (χ0n) is 11.5. The molecule has 0 aromatic rings. The molecule has 0 aromatic carbocycles. The maximum atomic E-state index is 12.2. The predicted octanol–water partition coefficient (Wildman–Crippen LogP) is 2.84. The van der Waals surface area contributed by atoms with Crippen LogP contribution in [0.4, 0.5) is 0 Å². The summed E-state index contributed by atoms with van der Waals surface area (Å²) in [4.78, 5) is 23.9. The van der Waals surface area contributed by atoms with Gasteiger partial charge in [0.05, 0.1) is 25.0 Å². The van der Waals surface area contributed by atoms with Crippen molar-refractivity contribution in [2.45, 2.75) is 58.8 Å². The van der Waals surface area contributed by atoms with Gasteiger partial charge < -0.3 is 9.47 Å². The lowest BCUT2D eigenvalue weighted by atomic mass is 9.77. The molecule has 1 fully saturated rings.